The molecule has 2 aromatic rings. The van der Waals surface area contributed by atoms with Gasteiger partial charge in [0.2, 0.25) is 0 Å². The number of rotatable bonds is 6. The zero-order chi connectivity index (χ0) is 14.4. The molecule has 2 nitrogen and oxygen atoms in total. The van der Waals surface area contributed by atoms with Crippen LogP contribution in [-0.4, -0.2) is 13.7 Å². The molecule has 0 saturated heterocycles. The van der Waals surface area contributed by atoms with Gasteiger partial charge in [-0.3, -0.25) is 0 Å². The minimum absolute atomic E-state index is 0.377. The number of methoxy groups -OCH3 is 1. The molecule has 106 valence electrons. The van der Waals surface area contributed by atoms with Crippen LogP contribution in [0.5, 0.6) is 5.75 Å². The van der Waals surface area contributed by atoms with Crippen LogP contribution in [0, 0.1) is 5.92 Å². The van der Waals surface area contributed by atoms with Gasteiger partial charge in [-0.1, -0.05) is 41.9 Å². The Labute approximate surface area is 125 Å². The van der Waals surface area contributed by atoms with E-state index in [0.29, 0.717) is 12.5 Å². The van der Waals surface area contributed by atoms with E-state index in [4.69, 9.17) is 22.1 Å². The fraction of sp³-hybridized carbons (Fsp3) is 0.294. The van der Waals surface area contributed by atoms with Crippen molar-refractivity contribution in [3.8, 4) is 5.75 Å². The monoisotopic (exact) mass is 289 g/mol. The fourth-order valence-corrected chi connectivity index (χ4v) is 2.56. The van der Waals surface area contributed by atoms with Crippen LogP contribution < -0.4 is 10.5 Å². The van der Waals surface area contributed by atoms with Crippen LogP contribution in [0.4, 0.5) is 0 Å². The maximum Gasteiger partial charge on any atom is 0.119 e. The van der Waals surface area contributed by atoms with Crippen molar-refractivity contribution in [2.45, 2.75) is 12.8 Å². The van der Waals surface area contributed by atoms with Crippen LogP contribution in [0.15, 0.2) is 48.5 Å². The van der Waals surface area contributed by atoms with E-state index >= 15 is 0 Å². The molecule has 3 heteroatoms. The normalized spacial score (nSPS) is 12.2. The Hall–Kier alpha value is -1.51. The number of benzene rings is 2. The second-order valence-corrected chi connectivity index (χ2v) is 5.36. The highest BCUT2D eigenvalue weighted by molar-refractivity contribution is 6.31. The molecule has 0 saturated carbocycles. The van der Waals surface area contributed by atoms with Gasteiger partial charge in [-0.05, 0) is 54.6 Å². The van der Waals surface area contributed by atoms with Gasteiger partial charge in [0.05, 0.1) is 7.11 Å². The topological polar surface area (TPSA) is 35.2 Å². The molecule has 0 fully saturated rings. The first-order valence-corrected chi connectivity index (χ1v) is 7.17. The Balaban J connectivity index is 2.07. The summed E-state index contributed by atoms with van der Waals surface area (Å²) in [5.41, 5.74) is 8.32. The first kappa shape index (κ1) is 14.9. The van der Waals surface area contributed by atoms with E-state index in [1.54, 1.807) is 7.11 Å². The Morgan fingerprint density at radius 1 is 1.10 bits per heavy atom. The molecule has 1 atom stereocenters. The van der Waals surface area contributed by atoms with Gasteiger partial charge in [0, 0.05) is 5.02 Å². The summed E-state index contributed by atoms with van der Waals surface area (Å²) in [7, 11) is 1.68. The van der Waals surface area contributed by atoms with Gasteiger partial charge in [-0.25, -0.2) is 0 Å². The van der Waals surface area contributed by atoms with E-state index < -0.39 is 0 Å². The van der Waals surface area contributed by atoms with Crippen molar-refractivity contribution in [1.29, 1.82) is 0 Å². The summed E-state index contributed by atoms with van der Waals surface area (Å²) in [6.45, 7) is 0.641. The lowest BCUT2D eigenvalue weighted by Crippen LogP contribution is -2.19. The highest BCUT2D eigenvalue weighted by Crippen LogP contribution is 2.22. The molecule has 0 aliphatic heterocycles. The van der Waals surface area contributed by atoms with E-state index in [9.17, 15) is 0 Å². The smallest absolute Gasteiger partial charge is 0.119 e. The Morgan fingerprint density at radius 2 is 1.90 bits per heavy atom. The highest BCUT2D eigenvalue weighted by Gasteiger charge is 2.11. The molecule has 20 heavy (non-hydrogen) atoms. The Kier molecular flexibility index (Phi) is 5.45. The molecule has 0 aromatic heterocycles. The van der Waals surface area contributed by atoms with E-state index in [0.717, 1.165) is 29.2 Å². The quantitative estimate of drug-likeness (QED) is 0.880. The van der Waals surface area contributed by atoms with Crippen LogP contribution >= 0.6 is 11.6 Å². The third-order valence-corrected chi connectivity index (χ3v) is 3.83. The predicted molar refractivity (Wildman–Crippen MR) is 84.4 cm³/mol. The van der Waals surface area contributed by atoms with Gasteiger partial charge in [-0.15, -0.1) is 0 Å². The first-order chi connectivity index (χ1) is 9.72. The van der Waals surface area contributed by atoms with E-state index in [1.807, 2.05) is 30.3 Å². The third-order valence-electron chi connectivity index (χ3n) is 3.46. The summed E-state index contributed by atoms with van der Waals surface area (Å²) in [5.74, 6) is 1.26. The molecule has 0 aliphatic carbocycles. The van der Waals surface area contributed by atoms with Gasteiger partial charge in [0.25, 0.3) is 0 Å². The third kappa shape index (κ3) is 3.99. The summed E-state index contributed by atoms with van der Waals surface area (Å²) in [6, 6.07) is 16.1. The van der Waals surface area contributed by atoms with Gasteiger partial charge < -0.3 is 10.5 Å². The molecule has 0 spiro atoms. The zero-order valence-electron chi connectivity index (χ0n) is 11.7. The van der Waals surface area contributed by atoms with Crippen LogP contribution in [0.2, 0.25) is 5.02 Å². The lowest BCUT2D eigenvalue weighted by atomic mass is 9.92. The van der Waals surface area contributed by atoms with Crippen LogP contribution in [0.25, 0.3) is 0 Å². The molecule has 0 bridgehead atoms. The van der Waals surface area contributed by atoms with Gasteiger partial charge >= 0.3 is 0 Å². The molecule has 1 unspecified atom stereocenters. The van der Waals surface area contributed by atoms with Crippen molar-refractivity contribution < 1.29 is 4.74 Å². The Bertz CT molecular complexity index is 556. The molecule has 0 heterocycles. The lowest BCUT2D eigenvalue weighted by molar-refractivity contribution is 0.413. The molecule has 0 amide bonds. The van der Waals surface area contributed by atoms with Crippen molar-refractivity contribution in [3.63, 3.8) is 0 Å². The number of nitrogens with two attached hydrogens (primary N) is 1. The van der Waals surface area contributed by atoms with Crippen LogP contribution in [0.3, 0.4) is 0 Å². The molecular formula is C17H20ClNO. The number of hydrogen-bond donors (Lipinski definition) is 1. The summed E-state index contributed by atoms with van der Waals surface area (Å²) in [4.78, 5) is 0. The second kappa shape index (κ2) is 7.32. The van der Waals surface area contributed by atoms with Crippen molar-refractivity contribution in [2.75, 3.05) is 13.7 Å². The molecule has 0 aliphatic rings. The number of halogens is 1. The van der Waals surface area contributed by atoms with E-state index in [1.165, 1.54) is 5.56 Å². The molecule has 0 radical (unpaired) electrons. The van der Waals surface area contributed by atoms with Crippen molar-refractivity contribution in [2.24, 2.45) is 11.7 Å². The average molecular weight is 290 g/mol. The largest absolute Gasteiger partial charge is 0.497 e. The molecule has 2 aromatic carbocycles. The van der Waals surface area contributed by atoms with Gasteiger partial charge in [0.15, 0.2) is 0 Å². The van der Waals surface area contributed by atoms with Crippen molar-refractivity contribution in [1.82, 2.24) is 0 Å². The number of ether oxygens (including phenoxy) is 1. The van der Waals surface area contributed by atoms with Crippen molar-refractivity contribution >= 4 is 11.6 Å². The van der Waals surface area contributed by atoms with Gasteiger partial charge in [-0.2, -0.15) is 0 Å². The second-order valence-electron chi connectivity index (χ2n) is 4.95. The summed E-state index contributed by atoms with van der Waals surface area (Å²) >= 11 is 6.22. The van der Waals surface area contributed by atoms with Gasteiger partial charge in [0.1, 0.15) is 5.75 Å². The Morgan fingerprint density at radius 3 is 2.60 bits per heavy atom. The maximum absolute atomic E-state index is 6.22. The SMILES string of the molecule is COc1cccc(CC(CN)Cc2ccccc2Cl)c1. The average Bonchev–Trinajstić information content (AvgIpc) is 2.49. The summed E-state index contributed by atoms with van der Waals surface area (Å²) in [5, 5.41) is 0.816. The first-order valence-electron chi connectivity index (χ1n) is 6.79. The lowest BCUT2D eigenvalue weighted by Gasteiger charge is -2.16. The minimum Gasteiger partial charge on any atom is -0.497 e. The number of hydrogen-bond acceptors (Lipinski definition) is 2. The molecule has 2 N–H and O–H groups in total. The zero-order valence-corrected chi connectivity index (χ0v) is 12.4. The summed E-state index contributed by atoms with van der Waals surface area (Å²) in [6.07, 6.45) is 1.83. The molecular weight excluding hydrogens is 270 g/mol. The van der Waals surface area contributed by atoms with Crippen LogP contribution in [0.1, 0.15) is 11.1 Å². The minimum atomic E-state index is 0.377. The predicted octanol–water partition coefficient (Wildman–Crippen LogP) is 3.71. The van der Waals surface area contributed by atoms with E-state index in [2.05, 4.69) is 18.2 Å². The highest BCUT2D eigenvalue weighted by atomic mass is 35.5. The standard InChI is InChI=1S/C17H20ClNO/c1-20-16-7-4-5-13(11-16)9-14(12-19)10-15-6-2-3-8-17(15)18/h2-8,11,14H,9-10,12,19H2,1H3. The van der Waals surface area contributed by atoms with E-state index in [-0.39, 0.29) is 0 Å². The van der Waals surface area contributed by atoms with Crippen LogP contribution in [-0.2, 0) is 12.8 Å². The maximum atomic E-state index is 6.22. The summed E-state index contributed by atoms with van der Waals surface area (Å²) < 4.78 is 5.26. The fourth-order valence-electron chi connectivity index (χ4n) is 2.35. The molecule has 2 rings (SSSR count). The van der Waals surface area contributed by atoms with Crippen molar-refractivity contribution in [3.05, 3.63) is 64.7 Å².